The van der Waals surface area contributed by atoms with Crippen molar-refractivity contribution in [3.8, 4) is 0 Å². The molecule has 0 saturated carbocycles. The van der Waals surface area contributed by atoms with Gasteiger partial charge in [0.05, 0.1) is 0 Å². The van der Waals surface area contributed by atoms with E-state index in [0.29, 0.717) is 0 Å². The molecule has 1 amide bonds. The first-order valence-corrected chi connectivity index (χ1v) is 1.11. The third-order valence-corrected chi connectivity index (χ3v) is 0.129. The van der Waals surface area contributed by atoms with E-state index in [4.69, 9.17) is 5.21 Å². The van der Waals surface area contributed by atoms with Gasteiger partial charge in [-0.15, -0.1) is 0 Å². The molecule has 0 bridgehead atoms. The number of carbonyl (C=O) groups excluding carboxylic acids is 1. The van der Waals surface area contributed by atoms with Crippen LogP contribution in [0.1, 0.15) is 6.92 Å². The Balaban J connectivity index is -0.0000000800. The average molecular weight is 244 g/mol. The second-order valence-electron chi connectivity index (χ2n) is 0.610. The van der Waals surface area contributed by atoms with Crippen molar-refractivity contribution in [1.29, 1.82) is 0 Å². The van der Waals surface area contributed by atoms with Crippen molar-refractivity contribution < 1.29 is 121 Å². The van der Waals surface area contributed by atoms with Crippen LogP contribution in [0.5, 0.6) is 0 Å². The molecule has 3 nitrogen and oxygen atoms in total. The van der Waals surface area contributed by atoms with Crippen molar-refractivity contribution in [3.63, 3.8) is 0 Å². The molecule has 0 atom stereocenters. The van der Waals surface area contributed by atoms with Gasteiger partial charge in [0.25, 0.3) is 0 Å². The van der Waals surface area contributed by atoms with Gasteiger partial charge in [-0.2, -0.15) is 0 Å². The molecule has 5 heteroatoms. The van der Waals surface area contributed by atoms with Crippen LogP contribution in [0.25, 0.3) is 5.48 Å². The predicted octanol–water partition coefficient (Wildman–Crippen LogP) is -5.59. The third kappa shape index (κ3) is 17.6. The van der Waals surface area contributed by atoms with E-state index in [2.05, 4.69) is 0 Å². The fourth-order valence-electron chi connectivity index (χ4n) is 0. The molecule has 0 fully saturated rings. The van der Waals surface area contributed by atoms with Crippen molar-refractivity contribution in [2.45, 2.75) is 6.92 Å². The van der Waals surface area contributed by atoms with Crippen molar-refractivity contribution in [3.05, 3.63) is 10.7 Å². The maximum absolute atomic E-state index is 9.33. The molecule has 0 aliphatic rings. The zero-order valence-corrected chi connectivity index (χ0v) is 14.6. The van der Waals surface area contributed by atoms with Crippen LogP contribution in [0.2, 0.25) is 0 Å². The summed E-state index contributed by atoms with van der Waals surface area (Å²) in [5, 5.41) is 8.91. The number of hydrogen-bond donors (Lipinski definition) is 0. The Morgan fingerprint density at radius 2 is 1.71 bits per heavy atom. The van der Waals surface area contributed by atoms with Crippen LogP contribution in [-0.2, 0) is 4.79 Å². The molecule has 0 N–H and O–H groups in total. The van der Waals surface area contributed by atoms with E-state index < -0.39 is 5.91 Å². The Hall–Kier alpha value is 3.04. The number of hydroxylamine groups is 1. The Labute approximate surface area is 140 Å². The van der Waals surface area contributed by atoms with E-state index in [1.54, 1.807) is 0 Å². The standard InChI is InChI=1S/C2H3NO2.2Rb/c1-2(4)3-5;;/h1H3;;/q-2;2*+1. The van der Waals surface area contributed by atoms with Crippen LogP contribution in [0.15, 0.2) is 0 Å². The van der Waals surface area contributed by atoms with E-state index in [1.165, 1.54) is 0 Å². The molecule has 0 aromatic heterocycles. The Bertz CT molecular complexity index is 49.0. The molecule has 0 aliphatic carbocycles. The van der Waals surface area contributed by atoms with Gasteiger partial charge in [0, 0.05) is 5.91 Å². The van der Waals surface area contributed by atoms with Crippen LogP contribution in [0.4, 0.5) is 0 Å². The van der Waals surface area contributed by atoms with E-state index in [0.717, 1.165) is 6.92 Å². The van der Waals surface area contributed by atoms with E-state index in [1.807, 2.05) is 5.48 Å². The smallest absolute Gasteiger partial charge is 0.978 e. The molecule has 0 aromatic carbocycles. The second kappa shape index (κ2) is 11.8. The molecular formula is C2H3NO2Rb2. The Kier molecular flexibility index (Phi) is 27.9. The van der Waals surface area contributed by atoms with Crippen LogP contribution in [0, 0.1) is 5.21 Å². The molecular weight excluding hydrogens is 241 g/mol. The van der Waals surface area contributed by atoms with Gasteiger partial charge in [-0.05, 0) is 6.92 Å². The summed E-state index contributed by atoms with van der Waals surface area (Å²) in [7, 11) is 0. The maximum Gasteiger partial charge on any atom is 1.00 e. The molecule has 0 heterocycles. The summed E-state index contributed by atoms with van der Waals surface area (Å²) in [6, 6.07) is 0. The molecule has 0 radical (unpaired) electrons. The minimum atomic E-state index is -0.676. The quantitative estimate of drug-likeness (QED) is 0.399. The van der Waals surface area contributed by atoms with Crippen molar-refractivity contribution >= 4 is 5.91 Å². The summed E-state index contributed by atoms with van der Waals surface area (Å²) in [5.41, 5.74) is 2.00. The van der Waals surface area contributed by atoms with E-state index in [9.17, 15) is 4.79 Å². The number of carbonyl (C=O) groups is 1. The predicted molar refractivity (Wildman–Crippen MR) is 17.4 cm³/mol. The van der Waals surface area contributed by atoms with Gasteiger partial charge in [-0.1, -0.05) is 0 Å². The molecule has 0 unspecified atom stereocenters. The minimum Gasteiger partial charge on any atom is -0.978 e. The summed E-state index contributed by atoms with van der Waals surface area (Å²) in [6.07, 6.45) is 0. The minimum absolute atomic E-state index is 0. The average Bonchev–Trinajstić information content (AvgIpc) is 1.38. The summed E-state index contributed by atoms with van der Waals surface area (Å²) < 4.78 is 0. The summed E-state index contributed by atoms with van der Waals surface area (Å²) in [5.74, 6) is -0.676. The number of amides is 1. The van der Waals surface area contributed by atoms with Gasteiger partial charge in [-0.25, -0.2) is 0 Å². The Morgan fingerprint density at radius 3 is 1.71 bits per heavy atom. The zero-order chi connectivity index (χ0) is 4.28. The third-order valence-electron chi connectivity index (χ3n) is 0.129. The molecule has 0 spiro atoms. The fourth-order valence-corrected chi connectivity index (χ4v) is 0. The number of rotatable bonds is 0. The van der Waals surface area contributed by atoms with Gasteiger partial charge < -0.3 is 15.5 Å². The molecule has 7 heavy (non-hydrogen) atoms. The number of nitrogens with zero attached hydrogens (tertiary/aromatic N) is 1. The monoisotopic (exact) mass is 243 g/mol. The molecule has 0 saturated heterocycles. The van der Waals surface area contributed by atoms with Crippen LogP contribution < -0.4 is 116 Å². The van der Waals surface area contributed by atoms with Gasteiger partial charge in [0.2, 0.25) is 0 Å². The van der Waals surface area contributed by atoms with Gasteiger partial charge in [0.15, 0.2) is 0 Å². The first kappa shape index (κ1) is 16.6. The summed E-state index contributed by atoms with van der Waals surface area (Å²) >= 11 is 0. The molecule has 0 aromatic rings. The van der Waals surface area contributed by atoms with Crippen LogP contribution in [-0.4, -0.2) is 5.91 Å². The number of hydrogen-bond acceptors (Lipinski definition) is 2. The Morgan fingerprint density at radius 1 is 1.57 bits per heavy atom. The topological polar surface area (TPSA) is 54.2 Å². The zero-order valence-electron chi connectivity index (χ0n) is 4.76. The SMILES string of the molecule is CC(=O)[N-][O-].[Rb+].[Rb+]. The maximum atomic E-state index is 9.33. The van der Waals surface area contributed by atoms with Crippen molar-refractivity contribution in [1.82, 2.24) is 0 Å². The van der Waals surface area contributed by atoms with E-state index >= 15 is 0 Å². The first-order valence-electron chi connectivity index (χ1n) is 1.11. The van der Waals surface area contributed by atoms with E-state index in [-0.39, 0.29) is 116 Å². The largest absolute Gasteiger partial charge is 1.00 e. The molecule has 30 valence electrons. The van der Waals surface area contributed by atoms with Crippen LogP contribution in [0.3, 0.4) is 0 Å². The summed E-state index contributed by atoms with van der Waals surface area (Å²) in [4.78, 5) is 9.33. The molecule has 0 aliphatic heterocycles. The normalized spacial score (nSPS) is 4.86. The molecule has 0 rings (SSSR count). The van der Waals surface area contributed by atoms with Gasteiger partial charge in [-0.3, -0.25) is 0 Å². The first-order chi connectivity index (χ1) is 2.27. The van der Waals surface area contributed by atoms with Crippen molar-refractivity contribution in [2.24, 2.45) is 0 Å². The van der Waals surface area contributed by atoms with Crippen molar-refractivity contribution in [2.75, 3.05) is 0 Å². The second-order valence-corrected chi connectivity index (χ2v) is 0.610. The fraction of sp³-hybridized carbons (Fsp3) is 0.500. The summed E-state index contributed by atoms with van der Waals surface area (Å²) in [6.45, 7) is 1.10. The van der Waals surface area contributed by atoms with Gasteiger partial charge >= 0.3 is 116 Å². The van der Waals surface area contributed by atoms with Crippen LogP contribution >= 0.6 is 0 Å². The van der Waals surface area contributed by atoms with Gasteiger partial charge in [0.1, 0.15) is 0 Å².